The Morgan fingerprint density at radius 2 is 1.79 bits per heavy atom. The van der Waals surface area contributed by atoms with E-state index in [2.05, 4.69) is 63.3 Å². The normalized spacial score (nSPS) is 25.8. The van der Waals surface area contributed by atoms with Crippen LogP contribution in [0.1, 0.15) is 30.0 Å². The molecule has 3 heteroatoms. The predicted molar refractivity (Wildman–Crippen MR) is 99.2 cm³/mol. The highest BCUT2D eigenvalue weighted by atomic mass is 79.9. The molecule has 0 bridgehead atoms. The Bertz CT molecular complexity index is 770. The fourth-order valence-corrected chi connectivity index (χ4v) is 4.59. The molecule has 1 heterocycles. The Balaban J connectivity index is 1.76. The zero-order chi connectivity index (χ0) is 16.5. The van der Waals surface area contributed by atoms with Gasteiger partial charge in [-0.25, -0.2) is 0 Å². The molecule has 0 radical (unpaired) electrons. The van der Waals surface area contributed by atoms with Crippen molar-refractivity contribution in [1.82, 2.24) is 4.90 Å². The van der Waals surface area contributed by atoms with Crippen LogP contribution in [0.5, 0.6) is 0 Å². The molecule has 122 valence electrons. The number of carbonyl (C=O) groups excluding carboxylic acids is 1. The molecule has 0 N–H and O–H groups in total. The summed E-state index contributed by atoms with van der Waals surface area (Å²) in [5, 5.41) is 0. The Kier molecular flexibility index (Phi) is 4.28. The number of benzene rings is 2. The Hall–Kier alpha value is -1.87. The van der Waals surface area contributed by atoms with E-state index in [9.17, 15) is 4.79 Å². The van der Waals surface area contributed by atoms with Gasteiger partial charge in [0.2, 0.25) is 5.91 Å². The number of hydrogen-bond acceptors (Lipinski definition) is 1. The maximum atomic E-state index is 13.1. The number of nitrogens with zero attached hydrogens (tertiary/aromatic N) is 1. The Labute approximate surface area is 151 Å². The van der Waals surface area contributed by atoms with Crippen LogP contribution in [0, 0.1) is 11.8 Å². The van der Waals surface area contributed by atoms with E-state index < -0.39 is 0 Å². The quantitative estimate of drug-likeness (QED) is 0.676. The fraction of sp³-hybridized carbons (Fsp3) is 0.286. The third-order valence-electron chi connectivity index (χ3n) is 5.19. The number of fused-ring (bicyclic) bond motifs is 1. The zero-order valence-electron chi connectivity index (χ0n) is 13.4. The number of allylic oxidation sites excluding steroid dienone is 1. The topological polar surface area (TPSA) is 20.3 Å². The first-order chi connectivity index (χ1) is 11.8. The van der Waals surface area contributed by atoms with Crippen molar-refractivity contribution in [1.29, 1.82) is 0 Å². The summed E-state index contributed by atoms with van der Waals surface area (Å²) in [5.41, 5.74) is 2.39. The third kappa shape index (κ3) is 2.71. The van der Waals surface area contributed by atoms with Crippen LogP contribution in [0.2, 0.25) is 0 Å². The van der Waals surface area contributed by atoms with Crippen LogP contribution in [0.4, 0.5) is 0 Å². The molecule has 24 heavy (non-hydrogen) atoms. The van der Waals surface area contributed by atoms with Crippen molar-refractivity contribution in [2.24, 2.45) is 11.8 Å². The molecule has 3 atom stereocenters. The van der Waals surface area contributed by atoms with Gasteiger partial charge in [-0.05, 0) is 30.0 Å². The summed E-state index contributed by atoms with van der Waals surface area (Å²) in [4.78, 5) is 15.2. The van der Waals surface area contributed by atoms with Gasteiger partial charge in [0.15, 0.2) is 0 Å². The van der Waals surface area contributed by atoms with E-state index in [0.29, 0.717) is 12.5 Å². The first kappa shape index (κ1) is 15.6. The highest BCUT2D eigenvalue weighted by Gasteiger charge is 2.48. The molecule has 1 aliphatic heterocycles. The molecular weight excluding hydrogens is 362 g/mol. The average molecular weight is 382 g/mol. The molecule has 1 saturated heterocycles. The minimum Gasteiger partial charge on any atom is -0.330 e. The summed E-state index contributed by atoms with van der Waals surface area (Å²) >= 11 is 3.69. The van der Waals surface area contributed by atoms with Gasteiger partial charge in [-0.1, -0.05) is 76.6 Å². The van der Waals surface area contributed by atoms with Gasteiger partial charge in [0.1, 0.15) is 0 Å². The van der Waals surface area contributed by atoms with Crippen LogP contribution >= 0.6 is 15.9 Å². The van der Waals surface area contributed by atoms with Crippen molar-refractivity contribution in [3.63, 3.8) is 0 Å². The van der Waals surface area contributed by atoms with Gasteiger partial charge in [0, 0.05) is 22.9 Å². The van der Waals surface area contributed by atoms with Gasteiger partial charge >= 0.3 is 0 Å². The van der Waals surface area contributed by atoms with E-state index in [1.54, 1.807) is 0 Å². The first-order valence-electron chi connectivity index (χ1n) is 8.51. The zero-order valence-corrected chi connectivity index (χ0v) is 15.0. The van der Waals surface area contributed by atoms with E-state index in [4.69, 9.17) is 0 Å². The lowest BCUT2D eigenvalue weighted by Crippen LogP contribution is -2.29. The lowest BCUT2D eigenvalue weighted by Gasteiger charge is -2.29. The van der Waals surface area contributed by atoms with Crippen molar-refractivity contribution in [2.45, 2.75) is 25.4 Å². The SMILES string of the molecule is O=C1[C@H]2CCC=C[C@H]2[C@H](c2ccccc2Br)N1Cc1ccccc1. The third-order valence-corrected chi connectivity index (χ3v) is 5.91. The van der Waals surface area contributed by atoms with Gasteiger partial charge in [0.05, 0.1) is 6.04 Å². The second-order valence-corrected chi connectivity index (χ2v) is 7.46. The minimum atomic E-state index is 0.106. The highest BCUT2D eigenvalue weighted by molar-refractivity contribution is 9.10. The van der Waals surface area contributed by atoms with E-state index in [1.807, 2.05) is 24.3 Å². The summed E-state index contributed by atoms with van der Waals surface area (Å²) in [5.74, 6) is 0.693. The van der Waals surface area contributed by atoms with Gasteiger partial charge in [-0.3, -0.25) is 4.79 Å². The number of hydrogen-bond donors (Lipinski definition) is 0. The molecule has 2 nitrogen and oxygen atoms in total. The van der Waals surface area contributed by atoms with Crippen molar-refractivity contribution in [3.8, 4) is 0 Å². The molecule has 0 aromatic heterocycles. The summed E-state index contributed by atoms with van der Waals surface area (Å²) in [6.45, 7) is 0.673. The molecule has 1 aliphatic carbocycles. The van der Waals surface area contributed by atoms with Crippen LogP contribution in [-0.2, 0) is 11.3 Å². The minimum absolute atomic E-state index is 0.106. The van der Waals surface area contributed by atoms with Crippen molar-refractivity contribution >= 4 is 21.8 Å². The number of rotatable bonds is 3. The first-order valence-corrected chi connectivity index (χ1v) is 9.30. The molecule has 2 aromatic rings. The second-order valence-electron chi connectivity index (χ2n) is 6.61. The Morgan fingerprint density at radius 3 is 2.58 bits per heavy atom. The van der Waals surface area contributed by atoms with E-state index in [-0.39, 0.29) is 17.9 Å². The number of amides is 1. The maximum absolute atomic E-state index is 13.1. The summed E-state index contributed by atoms with van der Waals surface area (Å²) in [6.07, 6.45) is 6.48. The monoisotopic (exact) mass is 381 g/mol. The molecule has 1 fully saturated rings. The van der Waals surface area contributed by atoms with Gasteiger partial charge < -0.3 is 4.90 Å². The fourth-order valence-electron chi connectivity index (χ4n) is 4.07. The summed E-state index contributed by atoms with van der Waals surface area (Å²) in [7, 11) is 0. The molecule has 1 amide bonds. The van der Waals surface area contributed by atoms with Crippen molar-refractivity contribution in [2.75, 3.05) is 0 Å². The van der Waals surface area contributed by atoms with Gasteiger partial charge in [0.25, 0.3) is 0 Å². The Morgan fingerprint density at radius 1 is 1.04 bits per heavy atom. The molecule has 2 aliphatic rings. The smallest absolute Gasteiger partial charge is 0.227 e. The van der Waals surface area contributed by atoms with Crippen LogP contribution in [0.25, 0.3) is 0 Å². The van der Waals surface area contributed by atoms with Crippen LogP contribution in [0.15, 0.2) is 71.2 Å². The van der Waals surface area contributed by atoms with Crippen LogP contribution < -0.4 is 0 Å². The molecule has 4 rings (SSSR count). The van der Waals surface area contributed by atoms with Gasteiger partial charge in [-0.2, -0.15) is 0 Å². The maximum Gasteiger partial charge on any atom is 0.227 e. The van der Waals surface area contributed by atoms with Crippen molar-refractivity contribution < 1.29 is 4.79 Å². The average Bonchev–Trinajstić information content (AvgIpc) is 2.89. The highest BCUT2D eigenvalue weighted by Crippen LogP contribution is 2.48. The number of likely N-dealkylation sites (tertiary alicyclic amines) is 1. The summed E-state index contributed by atoms with van der Waals surface area (Å²) in [6, 6.07) is 18.7. The van der Waals surface area contributed by atoms with E-state index >= 15 is 0 Å². The molecule has 0 saturated carbocycles. The molecule has 2 aromatic carbocycles. The molecular formula is C21H20BrNO. The van der Waals surface area contributed by atoms with Crippen LogP contribution in [0.3, 0.4) is 0 Å². The standard InChI is InChI=1S/C21H20BrNO/c22-19-13-7-6-12-18(19)20-16-10-4-5-11-17(16)21(24)23(20)14-15-8-2-1-3-9-15/h1-4,6-10,12-13,16-17,20H,5,11,14H2/t16-,17+,20-/m1/s1. The largest absolute Gasteiger partial charge is 0.330 e. The number of halogens is 1. The predicted octanol–water partition coefficient (Wildman–Crippen LogP) is 5.12. The van der Waals surface area contributed by atoms with Crippen LogP contribution in [-0.4, -0.2) is 10.8 Å². The number of carbonyl (C=O) groups is 1. The van der Waals surface area contributed by atoms with E-state index in [0.717, 1.165) is 17.3 Å². The second kappa shape index (κ2) is 6.56. The molecule has 0 unspecified atom stereocenters. The summed E-state index contributed by atoms with van der Waals surface area (Å²) < 4.78 is 1.08. The lowest BCUT2D eigenvalue weighted by atomic mass is 9.81. The molecule has 0 spiro atoms. The lowest BCUT2D eigenvalue weighted by molar-refractivity contribution is -0.132. The van der Waals surface area contributed by atoms with Gasteiger partial charge in [-0.15, -0.1) is 0 Å². The van der Waals surface area contributed by atoms with Crippen molar-refractivity contribution in [3.05, 3.63) is 82.3 Å². The van der Waals surface area contributed by atoms with E-state index in [1.165, 1.54) is 11.1 Å².